The van der Waals surface area contributed by atoms with E-state index in [0.29, 0.717) is 0 Å². The zero-order chi connectivity index (χ0) is 45.8. The number of aromatic nitrogens is 2. The summed E-state index contributed by atoms with van der Waals surface area (Å²) in [5.74, 6) is 0. The second-order valence-electron chi connectivity index (χ2n) is 18.9. The molecule has 69 heavy (non-hydrogen) atoms. The van der Waals surface area contributed by atoms with Gasteiger partial charge in [0.15, 0.2) is 0 Å². The number of anilines is 5. The molecule has 0 bridgehead atoms. The van der Waals surface area contributed by atoms with Gasteiger partial charge in [-0.3, -0.25) is 0 Å². The van der Waals surface area contributed by atoms with Crippen LogP contribution in [0.1, 0.15) is 48.9 Å². The molecule has 11 aromatic rings. The number of nitrogens with zero attached hydrogens (tertiary/aromatic N) is 4. The summed E-state index contributed by atoms with van der Waals surface area (Å²) in [6, 6.07) is 75.7. The maximum absolute atomic E-state index is 2.54. The Balaban J connectivity index is 1.00. The van der Waals surface area contributed by atoms with Crippen molar-refractivity contribution >= 4 is 72.0 Å². The average Bonchev–Trinajstić information content (AvgIpc) is 4.10. The Bertz CT molecular complexity index is 3910. The molecule has 4 heteroatoms. The lowest BCUT2D eigenvalue weighted by molar-refractivity contribution is 0.793. The summed E-state index contributed by atoms with van der Waals surface area (Å²) in [6.07, 6.45) is 8.82. The lowest BCUT2D eigenvalue weighted by atomic mass is 9.70. The van der Waals surface area contributed by atoms with E-state index in [2.05, 4.69) is 251 Å². The van der Waals surface area contributed by atoms with Crippen molar-refractivity contribution in [2.45, 2.75) is 45.2 Å². The summed E-state index contributed by atoms with van der Waals surface area (Å²) in [6.45, 7) is 6.32. The highest BCUT2D eigenvalue weighted by Crippen LogP contribution is 2.64. The number of aryl methyl sites for hydroxylation is 2. The largest absolute Gasteiger partial charge is 0.341 e. The molecule has 2 aromatic heterocycles. The van der Waals surface area contributed by atoms with E-state index in [-0.39, 0.29) is 0 Å². The Morgan fingerprint density at radius 2 is 0.841 bits per heavy atom. The number of rotatable bonds is 8. The molecular formula is C65H50N4. The van der Waals surface area contributed by atoms with Crippen LogP contribution in [0.4, 0.5) is 28.4 Å². The minimum Gasteiger partial charge on any atom is -0.341 e. The zero-order valence-corrected chi connectivity index (χ0v) is 38.9. The van der Waals surface area contributed by atoms with Gasteiger partial charge < -0.3 is 18.9 Å². The fourth-order valence-electron chi connectivity index (χ4n) is 12.7. The van der Waals surface area contributed by atoms with Crippen LogP contribution in [0, 0.1) is 0 Å². The molecule has 2 heterocycles. The van der Waals surface area contributed by atoms with E-state index in [1.807, 2.05) is 0 Å². The molecule has 0 saturated heterocycles. The predicted molar refractivity (Wildman–Crippen MR) is 290 cm³/mol. The molecule has 0 unspecified atom stereocenters. The molecule has 0 atom stereocenters. The van der Waals surface area contributed by atoms with Crippen molar-refractivity contribution in [3.8, 4) is 22.3 Å². The third kappa shape index (κ3) is 5.63. The summed E-state index contributed by atoms with van der Waals surface area (Å²) >= 11 is 0. The van der Waals surface area contributed by atoms with Gasteiger partial charge in [-0.15, -0.1) is 0 Å². The molecule has 330 valence electrons. The van der Waals surface area contributed by atoms with Crippen LogP contribution in [0.25, 0.3) is 65.9 Å². The van der Waals surface area contributed by atoms with Crippen LogP contribution >= 0.6 is 0 Å². The second-order valence-corrected chi connectivity index (χ2v) is 18.9. The lowest BCUT2D eigenvalue weighted by Gasteiger charge is -2.34. The molecule has 3 aliphatic carbocycles. The quantitative estimate of drug-likeness (QED) is 0.151. The van der Waals surface area contributed by atoms with Crippen LogP contribution < -0.4 is 9.80 Å². The second kappa shape index (κ2) is 15.3. The normalized spacial score (nSPS) is 14.1. The highest BCUT2D eigenvalue weighted by molar-refractivity contribution is 6.11. The van der Waals surface area contributed by atoms with Crippen LogP contribution in [0.5, 0.6) is 0 Å². The topological polar surface area (TPSA) is 16.3 Å². The van der Waals surface area contributed by atoms with E-state index in [0.717, 1.165) is 43.0 Å². The molecule has 4 nitrogen and oxygen atoms in total. The first-order chi connectivity index (χ1) is 34.1. The SMILES string of the molecule is CCn1c2ccccc2c2cc(N(C3=CC=CCC3)c3ccc4c(c3)C3(c5ccccc5-c5ccccc53)c3cc(N(c5ccccc5)c5ccc6c(c5)c5ccccc5n6CC)ccc3-4)ccc21. The molecule has 0 aliphatic heterocycles. The summed E-state index contributed by atoms with van der Waals surface area (Å²) in [4.78, 5) is 5.00. The van der Waals surface area contributed by atoms with E-state index in [1.54, 1.807) is 0 Å². The van der Waals surface area contributed by atoms with Gasteiger partial charge in [0.2, 0.25) is 0 Å². The van der Waals surface area contributed by atoms with Gasteiger partial charge in [-0.1, -0.05) is 127 Å². The molecule has 0 amide bonds. The summed E-state index contributed by atoms with van der Waals surface area (Å²) in [5.41, 5.74) is 22.0. The predicted octanol–water partition coefficient (Wildman–Crippen LogP) is 17.1. The van der Waals surface area contributed by atoms with Crippen molar-refractivity contribution in [3.05, 3.63) is 246 Å². The number of benzene rings is 9. The van der Waals surface area contributed by atoms with Gasteiger partial charge in [0, 0.05) is 90.8 Å². The van der Waals surface area contributed by atoms with E-state index in [4.69, 9.17) is 0 Å². The number of allylic oxidation sites excluding steroid dienone is 4. The molecule has 0 saturated carbocycles. The third-order valence-electron chi connectivity index (χ3n) is 15.5. The Morgan fingerprint density at radius 1 is 0.391 bits per heavy atom. The van der Waals surface area contributed by atoms with Crippen molar-refractivity contribution in [1.29, 1.82) is 0 Å². The Morgan fingerprint density at radius 3 is 1.39 bits per heavy atom. The number of para-hydroxylation sites is 3. The van der Waals surface area contributed by atoms with Gasteiger partial charge in [0.25, 0.3) is 0 Å². The van der Waals surface area contributed by atoms with Crippen LogP contribution in [0.3, 0.4) is 0 Å². The van der Waals surface area contributed by atoms with Crippen LogP contribution in [-0.4, -0.2) is 9.13 Å². The molecule has 9 aromatic carbocycles. The number of fused-ring (bicyclic) bond motifs is 16. The molecule has 3 aliphatic rings. The molecule has 14 rings (SSSR count). The fraction of sp³-hybridized carbons (Fsp3) is 0.108. The maximum Gasteiger partial charge on any atom is 0.0727 e. The minimum absolute atomic E-state index is 0.560. The van der Waals surface area contributed by atoms with Gasteiger partial charge in [-0.25, -0.2) is 0 Å². The highest BCUT2D eigenvalue weighted by atomic mass is 15.2. The summed E-state index contributed by atoms with van der Waals surface area (Å²) < 4.78 is 4.88. The maximum atomic E-state index is 2.54. The standard InChI is InChI=1S/C65H50N4/c1-3-66-61-29-17-13-25-53(61)55-39-45(33-37-63(55)66)68(43-19-7-5-8-20-43)47-31-35-51-52-36-32-48(42-60(52)65(59(51)41-47)57-27-15-11-23-49(57)50-24-12-16-28-58(50)65)69(44-21-9-6-10-22-44)46-34-38-64-56(40-46)54-26-14-18-30-62(54)67(64)4-2/h5-9,11-21,23-42H,3-4,10,22H2,1-2H3. The van der Waals surface area contributed by atoms with Gasteiger partial charge in [-0.2, -0.15) is 0 Å². The molecule has 1 spiro atoms. The first-order valence-corrected chi connectivity index (χ1v) is 24.7. The number of hydrogen-bond donors (Lipinski definition) is 0. The average molecular weight is 887 g/mol. The minimum atomic E-state index is -0.560. The van der Waals surface area contributed by atoms with Crippen LogP contribution in [0.15, 0.2) is 224 Å². The zero-order valence-electron chi connectivity index (χ0n) is 38.9. The molecule has 0 N–H and O–H groups in total. The summed E-state index contributed by atoms with van der Waals surface area (Å²) in [5, 5.41) is 5.13. The Hall–Kier alpha value is -8.34. The lowest BCUT2D eigenvalue weighted by Crippen LogP contribution is -2.27. The van der Waals surface area contributed by atoms with Crippen molar-refractivity contribution < 1.29 is 0 Å². The van der Waals surface area contributed by atoms with Crippen LogP contribution in [0.2, 0.25) is 0 Å². The molecule has 0 fully saturated rings. The first-order valence-electron chi connectivity index (χ1n) is 24.7. The fourth-order valence-corrected chi connectivity index (χ4v) is 12.7. The van der Waals surface area contributed by atoms with E-state index < -0.39 is 5.41 Å². The Kier molecular flexibility index (Phi) is 8.85. The Labute approximate surface area is 402 Å². The van der Waals surface area contributed by atoms with E-state index in [1.165, 1.54) is 105 Å². The van der Waals surface area contributed by atoms with Crippen molar-refractivity contribution in [3.63, 3.8) is 0 Å². The van der Waals surface area contributed by atoms with Crippen LogP contribution in [-0.2, 0) is 18.5 Å². The van der Waals surface area contributed by atoms with Crippen molar-refractivity contribution in [2.75, 3.05) is 9.80 Å². The van der Waals surface area contributed by atoms with E-state index >= 15 is 0 Å². The smallest absolute Gasteiger partial charge is 0.0727 e. The molecule has 0 radical (unpaired) electrons. The van der Waals surface area contributed by atoms with Gasteiger partial charge >= 0.3 is 0 Å². The molecular weight excluding hydrogens is 837 g/mol. The monoisotopic (exact) mass is 886 g/mol. The van der Waals surface area contributed by atoms with Crippen molar-refractivity contribution in [2.24, 2.45) is 0 Å². The van der Waals surface area contributed by atoms with Gasteiger partial charge in [-0.05, 0) is 162 Å². The summed E-state index contributed by atoms with van der Waals surface area (Å²) in [7, 11) is 0. The van der Waals surface area contributed by atoms with Gasteiger partial charge in [0.05, 0.1) is 5.41 Å². The van der Waals surface area contributed by atoms with E-state index in [9.17, 15) is 0 Å². The van der Waals surface area contributed by atoms with Crippen molar-refractivity contribution in [1.82, 2.24) is 9.13 Å². The first kappa shape index (κ1) is 39.8. The third-order valence-corrected chi connectivity index (χ3v) is 15.5. The van der Waals surface area contributed by atoms with Gasteiger partial charge in [0.1, 0.15) is 0 Å². The highest BCUT2D eigenvalue weighted by Gasteiger charge is 2.52. The number of hydrogen-bond acceptors (Lipinski definition) is 2.